The minimum atomic E-state index is -0.186. The Morgan fingerprint density at radius 1 is 0.560 bits per heavy atom. The van der Waals surface area contributed by atoms with E-state index in [9.17, 15) is 0 Å². The Hall–Kier alpha value is -0.200. The molecule has 5 heteroatoms. The minimum absolute atomic E-state index is 0.0523. The molecule has 0 aromatic rings. The summed E-state index contributed by atoms with van der Waals surface area (Å²) in [6, 6.07) is 0. The molecule has 5 nitrogen and oxygen atoms in total. The predicted octanol–water partition coefficient (Wildman–Crippen LogP) is 2.99. The topological polar surface area (TPSA) is 52.8 Å². The Bertz CT molecular complexity index is 508. The smallest absolute Gasteiger partial charge is 0.115 e. The van der Waals surface area contributed by atoms with Crippen LogP contribution >= 0.6 is 0 Å². The largest absolute Gasteiger partial charge is 0.369 e. The summed E-state index contributed by atoms with van der Waals surface area (Å²) in [7, 11) is 0. The van der Waals surface area contributed by atoms with Gasteiger partial charge in [0.15, 0.2) is 0 Å². The van der Waals surface area contributed by atoms with E-state index in [1.807, 2.05) is 0 Å². The molecule has 8 atom stereocenters. The Balaban J connectivity index is 1.23. The zero-order valence-electron chi connectivity index (χ0n) is 16.0. The third-order valence-corrected chi connectivity index (χ3v) is 7.57. The van der Waals surface area contributed by atoms with Gasteiger partial charge in [0.2, 0.25) is 0 Å². The van der Waals surface area contributed by atoms with Crippen LogP contribution in [0, 0.1) is 0 Å². The van der Waals surface area contributed by atoms with Gasteiger partial charge in [-0.2, -0.15) is 0 Å². The molecule has 0 N–H and O–H groups in total. The molecule has 5 heterocycles. The maximum absolute atomic E-state index is 6.57. The summed E-state index contributed by atoms with van der Waals surface area (Å²) >= 11 is 0. The second-order valence-corrected chi connectivity index (χ2v) is 9.81. The van der Waals surface area contributed by atoms with Crippen LogP contribution in [0.3, 0.4) is 0 Å². The molecule has 5 aliphatic heterocycles. The predicted molar refractivity (Wildman–Crippen MR) is 91.6 cm³/mol. The summed E-state index contributed by atoms with van der Waals surface area (Å²) in [4.78, 5) is 0. The molecule has 0 aliphatic carbocycles. The van der Waals surface area contributed by atoms with Gasteiger partial charge in [0.25, 0.3) is 0 Å². The number of ether oxygens (including phenoxy) is 5. The first-order valence-corrected chi connectivity index (χ1v) is 10.0. The van der Waals surface area contributed by atoms with Crippen LogP contribution in [-0.4, -0.2) is 60.0 Å². The molecule has 5 rings (SSSR count). The molecule has 5 saturated heterocycles. The summed E-state index contributed by atoms with van der Waals surface area (Å²) in [6.07, 6.45) is 7.14. The lowest BCUT2D eigenvalue weighted by atomic mass is 9.90. The molecule has 0 saturated carbocycles. The van der Waals surface area contributed by atoms with Crippen molar-refractivity contribution in [1.29, 1.82) is 0 Å². The van der Waals surface area contributed by atoms with E-state index >= 15 is 0 Å². The Labute approximate surface area is 150 Å². The van der Waals surface area contributed by atoms with E-state index in [1.165, 1.54) is 0 Å². The second kappa shape index (κ2) is 5.20. The first-order chi connectivity index (χ1) is 11.7. The van der Waals surface area contributed by atoms with Gasteiger partial charge in [0.1, 0.15) is 11.2 Å². The Morgan fingerprint density at radius 3 is 1.32 bits per heavy atom. The Kier molecular flexibility index (Phi) is 3.52. The van der Waals surface area contributed by atoms with E-state index < -0.39 is 0 Å². The molecule has 5 fully saturated rings. The third kappa shape index (κ3) is 2.69. The maximum Gasteiger partial charge on any atom is 0.115 e. The van der Waals surface area contributed by atoms with Crippen LogP contribution in [0.5, 0.6) is 0 Å². The van der Waals surface area contributed by atoms with Crippen LogP contribution in [0.2, 0.25) is 0 Å². The summed E-state index contributed by atoms with van der Waals surface area (Å²) < 4.78 is 30.7. The van der Waals surface area contributed by atoms with Crippen molar-refractivity contribution in [2.24, 2.45) is 0 Å². The fraction of sp³-hybridized carbons (Fsp3) is 1.00. The van der Waals surface area contributed by atoms with Gasteiger partial charge < -0.3 is 23.7 Å². The fourth-order valence-electron chi connectivity index (χ4n) is 5.19. The van der Waals surface area contributed by atoms with Crippen molar-refractivity contribution in [2.75, 3.05) is 13.2 Å². The summed E-state index contributed by atoms with van der Waals surface area (Å²) in [6.45, 7) is 10.4. The van der Waals surface area contributed by atoms with Crippen molar-refractivity contribution < 1.29 is 23.7 Å². The molecule has 0 spiro atoms. The third-order valence-electron chi connectivity index (χ3n) is 7.57. The van der Waals surface area contributed by atoms with Crippen molar-refractivity contribution in [3.8, 4) is 0 Å². The van der Waals surface area contributed by atoms with Gasteiger partial charge in [-0.15, -0.1) is 0 Å². The highest BCUT2D eigenvalue weighted by molar-refractivity contribution is 5.07. The van der Waals surface area contributed by atoms with Gasteiger partial charge in [-0.3, -0.25) is 0 Å². The molecule has 0 aromatic heterocycles. The van der Waals surface area contributed by atoms with Crippen molar-refractivity contribution in [3.63, 3.8) is 0 Å². The molecule has 5 aliphatic rings. The van der Waals surface area contributed by atoms with E-state index in [1.54, 1.807) is 0 Å². The fourth-order valence-corrected chi connectivity index (χ4v) is 5.19. The number of epoxide rings is 2. The lowest BCUT2D eigenvalue weighted by Gasteiger charge is -2.35. The van der Waals surface area contributed by atoms with Gasteiger partial charge >= 0.3 is 0 Å². The quantitative estimate of drug-likeness (QED) is 0.728. The molecule has 25 heavy (non-hydrogen) atoms. The number of hydrogen-bond donors (Lipinski definition) is 0. The molecule has 0 radical (unpaired) electrons. The molecule has 1 unspecified atom stereocenters. The first kappa shape index (κ1) is 16.9. The van der Waals surface area contributed by atoms with Crippen molar-refractivity contribution in [3.05, 3.63) is 0 Å². The number of rotatable bonds is 4. The lowest BCUT2D eigenvalue weighted by Crippen LogP contribution is -2.45. The first-order valence-electron chi connectivity index (χ1n) is 10.0. The van der Waals surface area contributed by atoms with Crippen LogP contribution in [0.1, 0.15) is 66.2 Å². The van der Waals surface area contributed by atoms with Crippen LogP contribution in [0.25, 0.3) is 0 Å². The average molecular weight is 352 g/mol. The maximum atomic E-state index is 6.57. The van der Waals surface area contributed by atoms with Gasteiger partial charge in [-0.05, 0) is 66.2 Å². The monoisotopic (exact) mass is 352 g/mol. The highest BCUT2D eigenvalue weighted by Crippen LogP contribution is 2.50. The van der Waals surface area contributed by atoms with E-state index in [0.717, 1.165) is 51.7 Å². The number of hydrogen-bond acceptors (Lipinski definition) is 5. The van der Waals surface area contributed by atoms with E-state index in [2.05, 4.69) is 27.7 Å². The zero-order chi connectivity index (χ0) is 17.5. The zero-order valence-corrected chi connectivity index (χ0v) is 16.0. The van der Waals surface area contributed by atoms with Gasteiger partial charge in [0, 0.05) is 0 Å². The minimum Gasteiger partial charge on any atom is -0.369 e. The average Bonchev–Trinajstić information content (AvgIpc) is 3.28. The highest BCUT2D eigenvalue weighted by Gasteiger charge is 2.59. The summed E-state index contributed by atoms with van der Waals surface area (Å²) in [5, 5.41) is 0. The van der Waals surface area contributed by atoms with Crippen molar-refractivity contribution in [2.45, 2.75) is 113 Å². The molecule has 142 valence electrons. The van der Waals surface area contributed by atoms with Crippen LogP contribution in [0.15, 0.2) is 0 Å². The van der Waals surface area contributed by atoms with Gasteiger partial charge in [-0.25, -0.2) is 0 Å². The standard InChI is InChI=1S/C20H32O5/c1-17(9-7-15(24-17)19(3)11-21-19)13-5-6-14(23-13)18(2)10-8-16(25-18)20(4)12-22-20/h13-16H,5-12H2,1-4H3/t13-,14+,15+,16?,17+,18-,19-,20+/m1/s1. The summed E-state index contributed by atoms with van der Waals surface area (Å²) in [5.74, 6) is 0. The van der Waals surface area contributed by atoms with Crippen LogP contribution in [0.4, 0.5) is 0 Å². The van der Waals surface area contributed by atoms with Gasteiger partial charge in [-0.1, -0.05) is 0 Å². The second-order valence-electron chi connectivity index (χ2n) is 9.81. The Morgan fingerprint density at radius 2 is 0.960 bits per heavy atom. The molecule has 0 bridgehead atoms. The normalized spacial score (nSPS) is 61.0. The van der Waals surface area contributed by atoms with Crippen LogP contribution in [-0.2, 0) is 23.7 Å². The van der Waals surface area contributed by atoms with Crippen LogP contribution < -0.4 is 0 Å². The van der Waals surface area contributed by atoms with E-state index in [0.29, 0.717) is 0 Å². The molecular formula is C20H32O5. The van der Waals surface area contributed by atoms with E-state index in [4.69, 9.17) is 23.7 Å². The van der Waals surface area contributed by atoms with Crippen molar-refractivity contribution >= 4 is 0 Å². The SMILES string of the molecule is C[C@]1([C@@H]2CC[C@@](C)([C@H]3CC[C@@H]([C@@]4(C)CCC([C@]5(C)CO5)O4)O3)O2)CO1. The molecule has 0 amide bonds. The molecular weight excluding hydrogens is 320 g/mol. The van der Waals surface area contributed by atoms with Gasteiger partial charge in [0.05, 0.1) is 48.8 Å². The van der Waals surface area contributed by atoms with E-state index in [-0.39, 0.29) is 46.8 Å². The summed E-state index contributed by atoms with van der Waals surface area (Å²) in [5.41, 5.74) is -0.477. The highest BCUT2D eigenvalue weighted by atomic mass is 16.6. The lowest BCUT2D eigenvalue weighted by molar-refractivity contribution is -0.176. The molecule has 0 aromatic carbocycles. The van der Waals surface area contributed by atoms with Crippen molar-refractivity contribution in [1.82, 2.24) is 0 Å².